The Morgan fingerprint density at radius 1 is 1.12 bits per heavy atom. The molecule has 2 heterocycles. The number of hydrogen-bond acceptors (Lipinski definition) is 5. The fraction of sp³-hybridized carbons (Fsp3) is 0. The van der Waals surface area contributed by atoms with Crippen LogP contribution >= 0.6 is 0 Å². The van der Waals surface area contributed by atoms with Gasteiger partial charge in [-0.15, -0.1) is 0 Å². The van der Waals surface area contributed by atoms with Crippen molar-refractivity contribution in [3.8, 4) is 22.5 Å². The fourth-order valence-electron chi connectivity index (χ4n) is 2.88. The largest absolute Gasteiger partial charge is 0.478 e. The maximum absolute atomic E-state index is 11.5. The zero-order valence-corrected chi connectivity index (χ0v) is 13.0. The summed E-state index contributed by atoms with van der Waals surface area (Å²) in [6.45, 7) is 0. The molecule has 0 saturated carbocycles. The molecular formula is C19H13N3O3. The van der Waals surface area contributed by atoms with Gasteiger partial charge in [0.15, 0.2) is 12.2 Å². The van der Waals surface area contributed by atoms with E-state index in [2.05, 4.69) is 9.97 Å². The molecule has 0 aliphatic rings. The summed E-state index contributed by atoms with van der Waals surface area (Å²) in [5.41, 5.74) is 9.77. The molecule has 2 aromatic heterocycles. The van der Waals surface area contributed by atoms with E-state index in [4.69, 9.17) is 10.2 Å². The molecule has 122 valence electrons. The number of anilines is 1. The number of aromatic nitrogens is 2. The van der Waals surface area contributed by atoms with Gasteiger partial charge in [-0.3, -0.25) is 4.98 Å². The average molecular weight is 331 g/mol. The highest BCUT2D eigenvalue weighted by Crippen LogP contribution is 2.36. The second kappa shape index (κ2) is 5.76. The molecule has 0 aliphatic heterocycles. The van der Waals surface area contributed by atoms with E-state index < -0.39 is 5.97 Å². The number of nitrogens with zero attached hydrogens (tertiary/aromatic N) is 2. The summed E-state index contributed by atoms with van der Waals surface area (Å²) >= 11 is 0. The van der Waals surface area contributed by atoms with Crippen LogP contribution in [0.2, 0.25) is 0 Å². The molecule has 0 fully saturated rings. The SMILES string of the molecule is Nc1ccc(-c2cnco2)cc1-c1ccc(C(=O)O)c2ncccc12. The Bertz CT molecular complexity index is 1090. The second-order valence-corrected chi connectivity index (χ2v) is 5.53. The Balaban J connectivity index is 1.98. The van der Waals surface area contributed by atoms with Crippen LogP contribution in [0.4, 0.5) is 5.69 Å². The predicted octanol–water partition coefficient (Wildman–Crippen LogP) is 3.84. The Hall–Kier alpha value is -3.67. The summed E-state index contributed by atoms with van der Waals surface area (Å²) in [5.74, 6) is -0.385. The molecular weight excluding hydrogens is 318 g/mol. The Labute approximate surface area is 142 Å². The Morgan fingerprint density at radius 3 is 2.76 bits per heavy atom. The van der Waals surface area contributed by atoms with Gasteiger partial charge < -0.3 is 15.3 Å². The first-order chi connectivity index (χ1) is 12.1. The molecule has 6 heteroatoms. The quantitative estimate of drug-likeness (QED) is 0.553. The van der Waals surface area contributed by atoms with Crippen molar-refractivity contribution in [2.75, 3.05) is 5.73 Å². The first-order valence-corrected chi connectivity index (χ1v) is 7.55. The van der Waals surface area contributed by atoms with Crippen molar-refractivity contribution in [1.82, 2.24) is 9.97 Å². The molecule has 4 aromatic rings. The zero-order chi connectivity index (χ0) is 17.4. The number of aromatic carboxylic acids is 1. The van der Waals surface area contributed by atoms with Crippen molar-refractivity contribution >= 4 is 22.6 Å². The molecule has 0 amide bonds. The van der Waals surface area contributed by atoms with Crippen molar-refractivity contribution in [2.24, 2.45) is 0 Å². The number of nitrogen functional groups attached to an aromatic ring is 1. The van der Waals surface area contributed by atoms with E-state index in [-0.39, 0.29) is 5.56 Å². The van der Waals surface area contributed by atoms with Crippen LogP contribution in [-0.2, 0) is 0 Å². The number of rotatable bonds is 3. The fourth-order valence-corrected chi connectivity index (χ4v) is 2.88. The molecule has 0 spiro atoms. The minimum Gasteiger partial charge on any atom is -0.478 e. The number of pyridine rings is 1. The highest BCUT2D eigenvalue weighted by Gasteiger charge is 2.15. The van der Waals surface area contributed by atoms with Crippen molar-refractivity contribution < 1.29 is 14.3 Å². The number of carboxylic acid groups (broad SMARTS) is 1. The molecule has 0 bridgehead atoms. The first kappa shape index (κ1) is 14.9. The number of oxazole rings is 1. The molecule has 0 saturated heterocycles. The molecule has 0 unspecified atom stereocenters. The van der Waals surface area contributed by atoms with Crippen molar-refractivity contribution in [3.05, 3.63) is 66.8 Å². The van der Waals surface area contributed by atoms with Gasteiger partial charge in [0, 0.05) is 28.4 Å². The van der Waals surface area contributed by atoms with Gasteiger partial charge in [-0.1, -0.05) is 12.1 Å². The van der Waals surface area contributed by atoms with E-state index in [1.54, 1.807) is 36.7 Å². The zero-order valence-electron chi connectivity index (χ0n) is 13.0. The molecule has 2 aromatic carbocycles. The van der Waals surface area contributed by atoms with E-state index in [1.807, 2.05) is 18.2 Å². The van der Waals surface area contributed by atoms with Gasteiger partial charge in [-0.2, -0.15) is 0 Å². The summed E-state index contributed by atoms with van der Waals surface area (Å²) in [7, 11) is 0. The van der Waals surface area contributed by atoms with Crippen LogP contribution in [0.3, 0.4) is 0 Å². The topological polar surface area (TPSA) is 102 Å². The third-order valence-electron chi connectivity index (χ3n) is 4.06. The van der Waals surface area contributed by atoms with E-state index in [0.717, 1.165) is 22.1 Å². The number of nitrogens with two attached hydrogens (primary N) is 1. The van der Waals surface area contributed by atoms with Gasteiger partial charge in [-0.25, -0.2) is 9.78 Å². The van der Waals surface area contributed by atoms with Crippen LogP contribution in [0.5, 0.6) is 0 Å². The Morgan fingerprint density at radius 2 is 2.00 bits per heavy atom. The lowest BCUT2D eigenvalue weighted by molar-refractivity contribution is 0.0699. The molecule has 0 aliphatic carbocycles. The monoisotopic (exact) mass is 331 g/mol. The van der Waals surface area contributed by atoms with E-state index in [9.17, 15) is 9.90 Å². The minimum atomic E-state index is -1.02. The van der Waals surface area contributed by atoms with Gasteiger partial charge in [-0.05, 0) is 35.9 Å². The first-order valence-electron chi connectivity index (χ1n) is 7.55. The minimum absolute atomic E-state index is 0.157. The summed E-state index contributed by atoms with van der Waals surface area (Å²) in [4.78, 5) is 19.6. The van der Waals surface area contributed by atoms with E-state index in [1.165, 1.54) is 6.39 Å². The molecule has 0 atom stereocenters. The van der Waals surface area contributed by atoms with Crippen LogP contribution in [-0.4, -0.2) is 21.0 Å². The van der Waals surface area contributed by atoms with Gasteiger partial charge in [0.2, 0.25) is 0 Å². The highest BCUT2D eigenvalue weighted by molar-refractivity contribution is 6.07. The normalized spacial score (nSPS) is 10.9. The lowest BCUT2D eigenvalue weighted by Crippen LogP contribution is -2.00. The van der Waals surface area contributed by atoms with Crippen LogP contribution in [0, 0.1) is 0 Å². The van der Waals surface area contributed by atoms with Crippen LogP contribution < -0.4 is 5.73 Å². The smallest absolute Gasteiger partial charge is 0.337 e. The van der Waals surface area contributed by atoms with Gasteiger partial charge >= 0.3 is 5.97 Å². The maximum atomic E-state index is 11.5. The summed E-state index contributed by atoms with van der Waals surface area (Å²) < 4.78 is 5.35. The van der Waals surface area contributed by atoms with Gasteiger partial charge in [0.05, 0.1) is 17.3 Å². The van der Waals surface area contributed by atoms with Crippen LogP contribution in [0.25, 0.3) is 33.4 Å². The number of carbonyl (C=O) groups is 1. The van der Waals surface area contributed by atoms with Gasteiger partial charge in [0.1, 0.15) is 0 Å². The lowest BCUT2D eigenvalue weighted by atomic mass is 9.95. The highest BCUT2D eigenvalue weighted by atomic mass is 16.4. The predicted molar refractivity (Wildman–Crippen MR) is 94.0 cm³/mol. The number of benzene rings is 2. The molecule has 25 heavy (non-hydrogen) atoms. The lowest BCUT2D eigenvalue weighted by Gasteiger charge is -2.12. The maximum Gasteiger partial charge on any atom is 0.337 e. The molecule has 0 radical (unpaired) electrons. The van der Waals surface area contributed by atoms with E-state index in [0.29, 0.717) is 17.0 Å². The van der Waals surface area contributed by atoms with Crippen molar-refractivity contribution in [1.29, 1.82) is 0 Å². The number of hydrogen-bond donors (Lipinski definition) is 2. The van der Waals surface area contributed by atoms with Crippen LogP contribution in [0.1, 0.15) is 10.4 Å². The van der Waals surface area contributed by atoms with Crippen molar-refractivity contribution in [2.45, 2.75) is 0 Å². The Kier molecular flexibility index (Phi) is 3.43. The third-order valence-corrected chi connectivity index (χ3v) is 4.06. The summed E-state index contributed by atoms with van der Waals surface area (Å²) in [6, 6.07) is 12.5. The number of fused-ring (bicyclic) bond motifs is 1. The van der Waals surface area contributed by atoms with Gasteiger partial charge in [0.25, 0.3) is 0 Å². The van der Waals surface area contributed by atoms with E-state index >= 15 is 0 Å². The van der Waals surface area contributed by atoms with Crippen molar-refractivity contribution in [3.63, 3.8) is 0 Å². The second-order valence-electron chi connectivity index (χ2n) is 5.53. The molecule has 6 nitrogen and oxygen atoms in total. The average Bonchev–Trinajstić information content (AvgIpc) is 3.16. The number of carboxylic acids is 1. The molecule has 4 rings (SSSR count). The molecule has 3 N–H and O–H groups in total. The van der Waals surface area contributed by atoms with Crippen LogP contribution in [0.15, 0.2) is 65.7 Å². The standard InChI is InChI=1S/C19H13N3O3/c20-16-6-3-11(17-9-21-10-25-17)8-15(16)12-4-5-14(19(23)24)18-13(12)2-1-7-22-18/h1-10H,20H2,(H,23,24). The summed E-state index contributed by atoms with van der Waals surface area (Å²) in [5, 5.41) is 10.1. The summed E-state index contributed by atoms with van der Waals surface area (Å²) in [6.07, 6.45) is 4.57. The third kappa shape index (κ3) is 2.49.